The Balaban J connectivity index is 2.82. The van der Waals surface area contributed by atoms with Crippen molar-refractivity contribution < 1.29 is 14.6 Å². The largest absolute Gasteiger partial charge is 0.459 e. The molecule has 2 atom stereocenters. The molecular formula is C12H17BrN2O3. The van der Waals surface area contributed by atoms with Crippen molar-refractivity contribution in [3.05, 3.63) is 28.5 Å². The predicted octanol–water partition coefficient (Wildman–Crippen LogP) is 1.55. The van der Waals surface area contributed by atoms with E-state index in [9.17, 15) is 9.90 Å². The number of rotatable bonds is 3. The van der Waals surface area contributed by atoms with E-state index in [4.69, 9.17) is 10.5 Å². The van der Waals surface area contributed by atoms with Gasteiger partial charge in [0, 0.05) is 11.8 Å². The van der Waals surface area contributed by atoms with Gasteiger partial charge in [-0.1, -0.05) is 6.07 Å². The smallest absolute Gasteiger partial charge is 0.326 e. The molecule has 100 valence electrons. The van der Waals surface area contributed by atoms with Crippen molar-refractivity contribution in [1.82, 2.24) is 4.98 Å². The number of aliphatic hydroxyl groups is 1. The summed E-state index contributed by atoms with van der Waals surface area (Å²) in [5.74, 6) is -0.647. The minimum Gasteiger partial charge on any atom is -0.459 e. The summed E-state index contributed by atoms with van der Waals surface area (Å²) in [6.07, 6.45) is 0.405. The maximum Gasteiger partial charge on any atom is 0.326 e. The number of nitrogens with two attached hydrogens (primary N) is 1. The lowest BCUT2D eigenvalue weighted by molar-refractivity contribution is -0.159. The summed E-state index contributed by atoms with van der Waals surface area (Å²) < 4.78 is 5.58. The topological polar surface area (TPSA) is 85.4 Å². The van der Waals surface area contributed by atoms with E-state index in [1.165, 1.54) is 0 Å². The van der Waals surface area contributed by atoms with Crippen LogP contribution < -0.4 is 5.73 Å². The van der Waals surface area contributed by atoms with Crippen LogP contribution in [0, 0.1) is 0 Å². The zero-order valence-electron chi connectivity index (χ0n) is 10.6. The van der Waals surface area contributed by atoms with Crippen LogP contribution in [0.15, 0.2) is 22.9 Å². The molecule has 1 rings (SSSR count). The Morgan fingerprint density at radius 3 is 2.67 bits per heavy atom. The van der Waals surface area contributed by atoms with Gasteiger partial charge in [-0.3, -0.25) is 4.79 Å². The van der Waals surface area contributed by atoms with E-state index in [0.29, 0.717) is 10.2 Å². The molecule has 1 aromatic rings. The highest BCUT2D eigenvalue weighted by Gasteiger charge is 2.30. The lowest BCUT2D eigenvalue weighted by Gasteiger charge is -2.24. The van der Waals surface area contributed by atoms with Crippen LogP contribution in [0.1, 0.15) is 32.4 Å². The summed E-state index contributed by atoms with van der Waals surface area (Å²) in [6.45, 7) is 5.22. The van der Waals surface area contributed by atoms with Gasteiger partial charge in [-0.15, -0.1) is 0 Å². The van der Waals surface area contributed by atoms with E-state index >= 15 is 0 Å². The van der Waals surface area contributed by atoms with Gasteiger partial charge < -0.3 is 15.6 Å². The molecule has 0 saturated heterocycles. The van der Waals surface area contributed by atoms with Crippen molar-refractivity contribution in [2.45, 2.75) is 38.5 Å². The third kappa shape index (κ3) is 4.04. The second-order valence-corrected chi connectivity index (χ2v) is 5.64. The zero-order chi connectivity index (χ0) is 13.9. The SMILES string of the molecule is CC(C)(C)OC(=O)[C@H](N)[C@H](O)c1cccnc1Br. The fraction of sp³-hybridized carbons (Fsp3) is 0.500. The van der Waals surface area contributed by atoms with Crippen LogP contribution >= 0.6 is 15.9 Å². The molecule has 5 nitrogen and oxygen atoms in total. The average molecular weight is 317 g/mol. The van der Waals surface area contributed by atoms with Crippen molar-refractivity contribution in [3.8, 4) is 0 Å². The fourth-order valence-electron chi connectivity index (χ4n) is 1.31. The summed E-state index contributed by atoms with van der Waals surface area (Å²) in [6, 6.07) is 2.15. The number of carbonyl (C=O) groups is 1. The Bertz CT molecular complexity index is 432. The van der Waals surface area contributed by atoms with Gasteiger partial charge in [-0.25, -0.2) is 4.98 Å². The number of carbonyl (C=O) groups excluding carboxylic acids is 1. The summed E-state index contributed by atoms with van der Waals surface area (Å²) in [5.41, 5.74) is 5.51. The van der Waals surface area contributed by atoms with E-state index in [1.54, 1.807) is 39.1 Å². The number of nitrogens with zero attached hydrogens (tertiary/aromatic N) is 1. The first-order chi connectivity index (χ1) is 8.22. The predicted molar refractivity (Wildman–Crippen MR) is 70.7 cm³/mol. The van der Waals surface area contributed by atoms with E-state index in [0.717, 1.165) is 0 Å². The standard InChI is InChI=1S/C12H17BrN2O3/c1-12(2,3)18-11(17)8(14)9(16)7-5-4-6-15-10(7)13/h4-6,8-9,16H,14H2,1-3H3/t8-,9-/m1/s1. The van der Waals surface area contributed by atoms with Gasteiger partial charge in [0.15, 0.2) is 0 Å². The molecule has 0 bridgehead atoms. The third-order valence-corrected chi connectivity index (χ3v) is 2.79. The average Bonchev–Trinajstić information content (AvgIpc) is 2.25. The van der Waals surface area contributed by atoms with E-state index in [-0.39, 0.29) is 0 Å². The van der Waals surface area contributed by atoms with Gasteiger partial charge in [0.05, 0.1) is 0 Å². The number of halogens is 1. The molecule has 0 unspecified atom stereocenters. The van der Waals surface area contributed by atoms with Crippen LogP contribution in [0.2, 0.25) is 0 Å². The number of ether oxygens (including phenoxy) is 1. The molecule has 3 N–H and O–H groups in total. The molecule has 18 heavy (non-hydrogen) atoms. The number of esters is 1. The maximum atomic E-state index is 11.7. The van der Waals surface area contributed by atoms with Crippen LogP contribution in [0.5, 0.6) is 0 Å². The van der Waals surface area contributed by atoms with Crippen LogP contribution in [0.3, 0.4) is 0 Å². The quantitative estimate of drug-likeness (QED) is 0.652. The second kappa shape index (κ2) is 5.77. The van der Waals surface area contributed by atoms with E-state index in [2.05, 4.69) is 20.9 Å². The number of hydrogen-bond donors (Lipinski definition) is 2. The maximum absolute atomic E-state index is 11.7. The van der Waals surface area contributed by atoms with Crippen molar-refractivity contribution >= 4 is 21.9 Å². The minimum atomic E-state index is -1.16. The summed E-state index contributed by atoms with van der Waals surface area (Å²) >= 11 is 3.20. The molecule has 0 aliphatic rings. The Hall–Kier alpha value is -0.980. The van der Waals surface area contributed by atoms with Gasteiger partial charge in [-0.05, 0) is 42.8 Å². The number of aromatic nitrogens is 1. The van der Waals surface area contributed by atoms with Crippen molar-refractivity contribution in [1.29, 1.82) is 0 Å². The molecule has 0 spiro atoms. The van der Waals surface area contributed by atoms with E-state index < -0.39 is 23.7 Å². The van der Waals surface area contributed by atoms with Gasteiger partial charge in [0.1, 0.15) is 22.4 Å². The molecule has 6 heteroatoms. The van der Waals surface area contributed by atoms with Crippen LogP contribution in [-0.2, 0) is 9.53 Å². The lowest BCUT2D eigenvalue weighted by Crippen LogP contribution is -2.41. The summed E-state index contributed by atoms with van der Waals surface area (Å²) in [7, 11) is 0. The zero-order valence-corrected chi connectivity index (χ0v) is 12.1. The summed E-state index contributed by atoms with van der Waals surface area (Å²) in [5, 5.41) is 10.0. The lowest BCUT2D eigenvalue weighted by atomic mass is 10.0. The van der Waals surface area contributed by atoms with Crippen LogP contribution in [-0.4, -0.2) is 27.7 Å². The molecule has 0 aliphatic heterocycles. The van der Waals surface area contributed by atoms with E-state index in [1.807, 2.05) is 0 Å². The first-order valence-corrected chi connectivity index (χ1v) is 6.28. The van der Waals surface area contributed by atoms with Crippen molar-refractivity contribution in [2.24, 2.45) is 5.73 Å². The highest BCUT2D eigenvalue weighted by Crippen LogP contribution is 2.24. The molecule has 1 aromatic heterocycles. The first-order valence-electron chi connectivity index (χ1n) is 5.49. The third-order valence-electron chi connectivity index (χ3n) is 2.13. The fourth-order valence-corrected chi connectivity index (χ4v) is 1.80. The second-order valence-electron chi connectivity index (χ2n) is 4.89. The highest BCUT2D eigenvalue weighted by molar-refractivity contribution is 9.10. The highest BCUT2D eigenvalue weighted by atomic mass is 79.9. The Morgan fingerprint density at radius 1 is 1.56 bits per heavy atom. The monoisotopic (exact) mass is 316 g/mol. The molecule has 0 aliphatic carbocycles. The molecule has 0 radical (unpaired) electrons. The van der Waals surface area contributed by atoms with Crippen LogP contribution in [0.4, 0.5) is 0 Å². The molecule has 0 saturated carbocycles. The molecule has 0 aromatic carbocycles. The van der Waals surface area contributed by atoms with Gasteiger partial charge >= 0.3 is 5.97 Å². The van der Waals surface area contributed by atoms with Crippen molar-refractivity contribution in [2.75, 3.05) is 0 Å². The summed E-state index contributed by atoms with van der Waals surface area (Å²) in [4.78, 5) is 15.7. The molecule has 0 amide bonds. The van der Waals surface area contributed by atoms with Gasteiger partial charge in [0.25, 0.3) is 0 Å². The Labute approximate surface area is 114 Å². The van der Waals surface area contributed by atoms with Crippen molar-refractivity contribution in [3.63, 3.8) is 0 Å². The Kier molecular flexibility index (Phi) is 4.84. The number of hydrogen-bond acceptors (Lipinski definition) is 5. The minimum absolute atomic E-state index is 0.454. The van der Waals surface area contributed by atoms with Crippen LogP contribution in [0.25, 0.3) is 0 Å². The molecule has 0 fully saturated rings. The molecule has 1 heterocycles. The number of pyridine rings is 1. The normalized spacial score (nSPS) is 15.0. The van der Waals surface area contributed by atoms with Gasteiger partial charge in [0.2, 0.25) is 0 Å². The molecular weight excluding hydrogens is 300 g/mol. The number of aliphatic hydroxyl groups excluding tert-OH is 1. The first kappa shape index (κ1) is 15.1. The Morgan fingerprint density at radius 2 is 2.17 bits per heavy atom. The van der Waals surface area contributed by atoms with Gasteiger partial charge in [-0.2, -0.15) is 0 Å².